The second kappa shape index (κ2) is 7.58. The number of nitrogens with one attached hydrogen (secondary N) is 1. The van der Waals surface area contributed by atoms with Crippen LogP contribution in [0.25, 0.3) is 0 Å². The van der Waals surface area contributed by atoms with Crippen molar-refractivity contribution >= 4 is 17.5 Å². The van der Waals surface area contributed by atoms with E-state index in [4.69, 9.17) is 4.74 Å². The van der Waals surface area contributed by atoms with Gasteiger partial charge in [0.2, 0.25) is 0 Å². The first kappa shape index (κ1) is 16.7. The Morgan fingerprint density at radius 1 is 1.26 bits per heavy atom. The summed E-state index contributed by atoms with van der Waals surface area (Å²) in [5.74, 6) is 0.929. The molecule has 1 N–H and O–H groups in total. The summed E-state index contributed by atoms with van der Waals surface area (Å²) in [6.07, 6.45) is 2.58. The van der Waals surface area contributed by atoms with Crippen molar-refractivity contribution in [1.82, 2.24) is 9.78 Å². The highest BCUT2D eigenvalue weighted by molar-refractivity contribution is 5.94. The van der Waals surface area contributed by atoms with E-state index in [2.05, 4.69) is 17.3 Å². The van der Waals surface area contributed by atoms with Crippen LogP contribution < -0.4 is 10.1 Å². The fourth-order valence-electron chi connectivity index (χ4n) is 2.05. The maximum absolute atomic E-state index is 12.0. The van der Waals surface area contributed by atoms with E-state index >= 15 is 0 Å². The molecule has 6 heteroatoms. The third kappa shape index (κ3) is 4.42. The fraction of sp³-hybridized carbons (Fsp3) is 0.353. The van der Waals surface area contributed by atoms with E-state index in [1.54, 1.807) is 41.2 Å². The average molecular weight is 315 g/mol. The first-order valence-electron chi connectivity index (χ1n) is 7.58. The molecule has 0 aliphatic heterocycles. The van der Waals surface area contributed by atoms with Gasteiger partial charge >= 0.3 is 0 Å². The molecule has 1 aromatic carbocycles. The molecule has 0 radical (unpaired) electrons. The smallest absolute Gasteiger partial charge is 0.263 e. The Labute approximate surface area is 135 Å². The highest BCUT2D eigenvalue weighted by Gasteiger charge is 2.11. The lowest BCUT2D eigenvalue weighted by Gasteiger charge is -2.14. The summed E-state index contributed by atoms with van der Waals surface area (Å²) >= 11 is 0. The number of nitrogens with zero attached hydrogens (tertiary/aromatic N) is 2. The Kier molecular flexibility index (Phi) is 5.51. The molecule has 1 atom stereocenters. The van der Waals surface area contributed by atoms with Gasteiger partial charge in [0.05, 0.1) is 12.2 Å². The first-order valence-corrected chi connectivity index (χ1v) is 7.58. The van der Waals surface area contributed by atoms with Gasteiger partial charge in [0.1, 0.15) is 11.6 Å². The summed E-state index contributed by atoms with van der Waals surface area (Å²) < 4.78 is 7.20. The van der Waals surface area contributed by atoms with E-state index in [0.717, 1.165) is 6.42 Å². The quantitative estimate of drug-likeness (QED) is 0.797. The van der Waals surface area contributed by atoms with Gasteiger partial charge in [0.15, 0.2) is 12.4 Å². The van der Waals surface area contributed by atoms with Crippen molar-refractivity contribution < 1.29 is 14.3 Å². The van der Waals surface area contributed by atoms with Crippen LogP contribution in [0.2, 0.25) is 0 Å². The molecule has 1 unspecified atom stereocenters. The van der Waals surface area contributed by atoms with Crippen LogP contribution in [0.15, 0.2) is 36.5 Å². The topological polar surface area (TPSA) is 73.2 Å². The molecular weight excluding hydrogens is 294 g/mol. The second-order valence-electron chi connectivity index (χ2n) is 5.34. The zero-order valence-corrected chi connectivity index (χ0v) is 13.6. The van der Waals surface area contributed by atoms with Gasteiger partial charge in [-0.3, -0.25) is 9.59 Å². The number of ketones is 1. The van der Waals surface area contributed by atoms with Crippen LogP contribution in [0.5, 0.6) is 5.75 Å². The molecule has 6 nitrogen and oxygen atoms in total. The maximum atomic E-state index is 12.0. The number of hydrogen-bond acceptors (Lipinski definition) is 4. The van der Waals surface area contributed by atoms with Gasteiger partial charge in [-0.05, 0) is 44.5 Å². The molecule has 1 aromatic heterocycles. The number of carbonyl (C=O) groups excluding carboxylic acids is 2. The molecule has 122 valence electrons. The first-order chi connectivity index (χ1) is 11.0. The van der Waals surface area contributed by atoms with Crippen LogP contribution in [0.1, 0.15) is 43.6 Å². The van der Waals surface area contributed by atoms with E-state index in [1.165, 1.54) is 6.92 Å². The Morgan fingerprint density at radius 2 is 1.96 bits per heavy atom. The minimum atomic E-state index is -0.259. The summed E-state index contributed by atoms with van der Waals surface area (Å²) in [5.41, 5.74) is 0.610. The minimum absolute atomic E-state index is 0.00685. The number of anilines is 1. The molecule has 0 saturated heterocycles. The summed E-state index contributed by atoms with van der Waals surface area (Å²) in [6, 6.07) is 8.66. The van der Waals surface area contributed by atoms with Gasteiger partial charge in [0.25, 0.3) is 5.91 Å². The van der Waals surface area contributed by atoms with E-state index in [1.807, 2.05) is 6.92 Å². The zero-order chi connectivity index (χ0) is 16.8. The van der Waals surface area contributed by atoms with Crippen LogP contribution in [0.3, 0.4) is 0 Å². The maximum Gasteiger partial charge on any atom is 0.263 e. The Bertz CT molecular complexity index is 677. The molecule has 1 amide bonds. The summed E-state index contributed by atoms with van der Waals surface area (Å²) in [5, 5.41) is 7.00. The second-order valence-corrected chi connectivity index (χ2v) is 5.34. The van der Waals surface area contributed by atoms with Crippen molar-refractivity contribution in [2.45, 2.75) is 33.2 Å². The molecule has 2 rings (SSSR count). The number of amides is 1. The van der Waals surface area contributed by atoms with Gasteiger partial charge in [-0.2, -0.15) is 5.10 Å². The van der Waals surface area contributed by atoms with E-state index in [-0.39, 0.29) is 24.3 Å². The van der Waals surface area contributed by atoms with E-state index in [0.29, 0.717) is 17.1 Å². The lowest BCUT2D eigenvalue weighted by Crippen LogP contribution is -2.22. The van der Waals surface area contributed by atoms with Crippen LogP contribution in [0.4, 0.5) is 5.82 Å². The molecule has 0 aliphatic carbocycles. The number of aromatic nitrogens is 2. The van der Waals surface area contributed by atoms with E-state index < -0.39 is 0 Å². The lowest BCUT2D eigenvalue weighted by molar-refractivity contribution is -0.118. The normalized spacial score (nSPS) is 11.8. The highest BCUT2D eigenvalue weighted by Crippen LogP contribution is 2.16. The Balaban J connectivity index is 1.90. The van der Waals surface area contributed by atoms with Crippen LogP contribution in [0, 0.1) is 0 Å². The lowest BCUT2D eigenvalue weighted by atomic mass is 10.1. The zero-order valence-electron chi connectivity index (χ0n) is 13.6. The van der Waals surface area contributed by atoms with Crippen molar-refractivity contribution in [3.8, 4) is 5.75 Å². The molecule has 0 bridgehead atoms. The van der Waals surface area contributed by atoms with Gasteiger partial charge in [0, 0.05) is 11.6 Å². The van der Waals surface area contributed by atoms with Crippen molar-refractivity contribution in [3.05, 3.63) is 42.1 Å². The third-order valence-electron chi connectivity index (χ3n) is 3.58. The summed E-state index contributed by atoms with van der Waals surface area (Å²) in [6.45, 7) is 5.50. The molecule has 0 aliphatic rings. The van der Waals surface area contributed by atoms with E-state index in [9.17, 15) is 9.59 Å². The molecule has 23 heavy (non-hydrogen) atoms. The summed E-state index contributed by atoms with van der Waals surface area (Å²) in [4.78, 5) is 23.2. The molecule has 0 saturated carbocycles. The van der Waals surface area contributed by atoms with Crippen LogP contribution in [-0.4, -0.2) is 28.1 Å². The standard InChI is InChI=1S/C17H21N3O3/c1-4-12(2)20-16(9-10-18-20)19-17(22)11-23-15-7-5-14(6-8-15)13(3)21/h5-10,12H,4,11H2,1-3H3,(H,19,22). The molecule has 1 heterocycles. The van der Waals surface area contributed by atoms with Crippen molar-refractivity contribution in [2.24, 2.45) is 0 Å². The van der Waals surface area contributed by atoms with Gasteiger partial charge in [-0.1, -0.05) is 6.92 Å². The number of carbonyl (C=O) groups is 2. The van der Waals surface area contributed by atoms with Crippen molar-refractivity contribution in [3.63, 3.8) is 0 Å². The summed E-state index contributed by atoms with van der Waals surface area (Å²) in [7, 11) is 0. The van der Waals surface area contributed by atoms with Gasteiger partial charge in [-0.25, -0.2) is 4.68 Å². The highest BCUT2D eigenvalue weighted by atomic mass is 16.5. The molecule has 0 spiro atoms. The number of rotatable bonds is 7. The predicted molar refractivity (Wildman–Crippen MR) is 87.8 cm³/mol. The fourth-order valence-corrected chi connectivity index (χ4v) is 2.05. The van der Waals surface area contributed by atoms with Crippen molar-refractivity contribution in [1.29, 1.82) is 0 Å². The molecule has 0 fully saturated rings. The van der Waals surface area contributed by atoms with Gasteiger partial charge < -0.3 is 10.1 Å². The van der Waals surface area contributed by atoms with Crippen LogP contribution >= 0.6 is 0 Å². The van der Waals surface area contributed by atoms with Crippen molar-refractivity contribution in [2.75, 3.05) is 11.9 Å². The van der Waals surface area contributed by atoms with Crippen LogP contribution in [-0.2, 0) is 4.79 Å². The number of Topliss-reactive ketones (excluding diaryl/α,β-unsaturated/α-hetero) is 1. The molecule has 2 aromatic rings. The minimum Gasteiger partial charge on any atom is -0.484 e. The van der Waals surface area contributed by atoms with Gasteiger partial charge in [-0.15, -0.1) is 0 Å². The largest absolute Gasteiger partial charge is 0.484 e. The Morgan fingerprint density at radius 3 is 2.57 bits per heavy atom. The Hall–Kier alpha value is -2.63. The monoisotopic (exact) mass is 315 g/mol. The number of ether oxygens (including phenoxy) is 1. The average Bonchev–Trinajstić information content (AvgIpc) is 3.00. The predicted octanol–water partition coefficient (Wildman–Crippen LogP) is 3.07. The number of benzene rings is 1. The number of hydrogen-bond donors (Lipinski definition) is 1. The molecular formula is C17H21N3O3. The SMILES string of the molecule is CCC(C)n1nccc1NC(=O)COc1ccc(C(C)=O)cc1. The third-order valence-corrected chi connectivity index (χ3v) is 3.58.